The molecule has 12 nitrogen and oxygen atoms in total. The third-order valence-corrected chi connectivity index (χ3v) is 6.49. The first-order chi connectivity index (χ1) is 17.3. The normalized spacial score (nSPS) is 21.5. The lowest BCUT2D eigenvalue weighted by molar-refractivity contribution is -0.137. The Morgan fingerprint density at radius 3 is 2.47 bits per heavy atom. The number of imidazole rings is 1. The van der Waals surface area contributed by atoms with E-state index in [1.807, 2.05) is 24.3 Å². The molecular formula is C24H31N7O5. The highest BCUT2D eigenvalue weighted by Gasteiger charge is 2.46. The van der Waals surface area contributed by atoms with E-state index in [1.54, 1.807) is 11.5 Å². The highest BCUT2D eigenvalue weighted by molar-refractivity contribution is 5.83. The van der Waals surface area contributed by atoms with Crippen molar-refractivity contribution < 1.29 is 24.9 Å². The zero-order valence-electron chi connectivity index (χ0n) is 20.0. The zero-order chi connectivity index (χ0) is 25.8. The van der Waals surface area contributed by atoms with Crippen LogP contribution in [0.5, 0.6) is 0 Å². The standard InChI is InChI=1S/C24H31N7O5/c1-2-26-23(36)15-11-16(20(35)19(15)34)31-12-28-18-21(25)29-24(30-22(18)31)27-10-9-14-5-3-13(4-6-14)7-8-17(32)33/h3-6,12,15-16,19-20,34-35H,2,7-11H2,1H3,(H,26,36)(H,32,33)(H3,25,27,29,30). The quantitative estimate of drug-likeness (QED) is 0.230. The molecule has 4 unspecified atom stereocenters. The van der Waals surface area contributed by atoms with E-state index < -0.39 is 30.1 Å². The first-order valence-corrected chi connectivity index (χ1v) is 12.0. The third kappa shape index (κ3) is 5.39. The molecule has 1 amide bonds. The molecule has 12 heteroatoms. The number of nitrogens with two attached hydrogens (primary N) is 1. The molecule has 1 aliphatic carbocycles. The number of anilines is 2. The van der Waals surface area contributed by atoms with Gasteiger partial charge in [-0.1, -0.05) is 24.3 Å². The Hall–Kier alpha value is -3.77. The van der Waals surface area contributed by atoms with Crippen LogP contribution in [0.3, 0.4) is 0 Å². The van der Waals surface area contributed by atoms with Gasteiger partial charge < -0.3 is 36.3 Å². The summed E-state index contributed by atoms with van der Waals surface area (Å²) in [5.41, 5.74) is 8.93. The number of hydrogen-bond donors (Lipinski definition) is 6. The molecule has 0 saturated heterocycles. The molecule has 0 spiro atoms. The van der Waals surface area contributed by atoms with Crippen molar-refractivity contribution in [1.82, 2.24) is 24.8 Å². The number of nitrogens with one attached hydrogen (secondary N) is 2. The second-order valence-electron chi connectivity index (χ2n) is 8.93. The van der Waals surface area contributed by atoms with Crippen LogP contribution in [-0.4, -0.2) is 72.0 Å². The topological polar surface area (TPSA) is 189 Å². The lowest BCUT2D eigenvalue weighted by Crippen LogP contribution is -2.38. The molecule has 192 valence electrons. The molecule has 1 aromatic carbocycles. The van der Waals surface area contributed by atoms with E-state index in [0.29, 0.717) is 43.0 Å². The van der Waals surface area contributed by atoms with Gasteiger partial charge in [0.2, 0.25) is 11.9 Å². The number of aliphatic hydroxyl groups excluding tert-OH is 2. The second-order valence-corrected chi connectivity index (χ2v) is 8.93. The van der Waals surface area contributed by atoms with Crippen molar-refractivity contribution >= 4 is 34.8 Å². The van der Waals surface area contributed by atoms with E-state index in [2.05, 4.69) is 25.6 Å². The summed E-state index contributed by atoms with van der Waals surface area (Å²) in [6.07, 6.45) is 0.628. The van der Waals surface area contributed by atoms with Gasteiger partial charge in [0.25, 0.3) is 0 Å². The molecule has 1 saturated carbocycles. The number of fused-ring (bicyclic) bond motifs is 1. The summed E-state index contributed by atoms with van der Waals surface area (Å²) >= 11 is 0. The maximum atomic E-state index is 12.3. The van der Waals surface area contributed by atoms with Crippen LogP contribution in [0, 0.1) is 5.92 Å². The van der Waals surface area contributed by atoms with Crippen LogP contribution < -0.4 is 16.4 Å². The van der Waals surface area contributed by atoms with Crippen molar-refractivity contribution in [1.29, 1.82) is 0 Å². The van der Waals surface area contributed by atoms with Gasteiger partial charge in [0.1, 0.15) is 11.6 Å². The summed E-state index contributed by atoms with van der Waals surface area (Å²) in [4.78, 5) is 36.1. The number of nitrogen functional groups attached to an aromatic ring is 1. The van der Waals surface area contributed by atoms with Crippen molar-refractivity contribution in [3.63, 3.8) is 0 Å². The van der Waals surface area contributed by atoms with Gasteiger partial charge in [-0.05, 0) is 37.3 Å². The van der Waals surface area contributed by atoms with Crippen molar-refractivity contribution in [2.45, 2.75) is 50.9 Å². The van der Waals surface area contributed by atoms with Crippen LogP contribution in [0.4, 0.5) is 11.8 Å². The van der Waals surface area contributed by atoms with E-state index >= 15 is 0 Å². The van der Waals surface area contributed by atoms with Gasteiger partial charge in [-0.2, -0.15) is 9.97 Å². The summed E-state index contributed by atoms with van der Waals surface area (Å²) in [5.74, 6) is -1.39. The Bertz CT molecular complexity index is 1230. The zero-order valence-corrected chi connectivity index (χ0v) is 20.0. The smallest absolute Gasteiger partial charge is 0.303 e. The van der Waals surface area contributed by atoms with Crippen LogP contribution in [-0.2, 0) is 22.4 Å². The van der Waals surface area contributed by atoms with E-state index in [1.165, 1.54) is 6.33 Å². The minimum absolute atomic E-state index is 0.0994. The molecule has 4 atom stereocenters. The first kappa shape index (κ1) is 25.3. The van der Waals surface area contributed by atoms with Gasteiger partial charge in [0, 0.05) is 19.5 Å². The molecule has 2 aromatic heterocycles. The molecule has 2 heterocycles. The number of aliphatic hydroxyl groups is 2. The minimum Gasteiger partial charge on any atom is -0.481 e. The number of carboxylic acid groups (broad SMARTS) is 1. The molecular weight excluding hydrogens is 466 g/mol. The number of hydrogen-bond acceptors (Lipinski definition) is 9. The monoisotopic (exact) mass is 497 g/mol. The summed E-state index contributed by atoms with van der Waals surface area (Å²) < 4.78 is 1.64. The number of aryl methyl sites for hydroxylation is 1. The van der Waals surface area contributed by atoms with Gasteiger partial charge in [0.15, 0.2) is 11.5 Å². The highest BCUT2D eigenvalue weighted by Crippen LogP contribution is 2.37. The number of benzene rings is 1. The molecule has 0 bridgehead atoms. The summed E-state index contributed by atoms with van der Waals surface area (Å²) in [5, 5.41) is 35.8. The number of nitrogens with zero attached hydrogens (tertiary/aromatic N) is 4. The van der Waals surface area contributed by atoms with E-state index in [9.17, 15) is 19.8 Å². The Labute approximate surface area is 207 Å². The first-order valence-electron chi connectivity index (χ1n) is 12.0. The number of aromatic nitrogens is 4. The number of rotatable bonds is 10. The third-order valence-electron chi connectivity index (χ3n) is 6.49. The molecule has 1 aliphatic rings. The maximum Gasteiger partial charge on any atom is 0.303 e. The molecule has 3 aromatic rings. The van der Waals surface area contributed by atoms with Gasteiger partial charge in [-0.25, -0.2) is 4.98 Å². The number of aliphatic carboxylic acids is 1. The SMILES string of the molecule is CCNC(=O)C1CC(n2cnc3c(N)nc(NCCc4ccc(CCC(=O)O)cc4)nc32)C(O)C1O. The van der Waals surface area contributed by atoms with E-state index in [-0.39, 0.29) is 24.6 Å². The van der Waals surface area contributed by atoms with Crippen LogP contribution in [0.2, 0.25) is 0 Å². The number of carbonyl (C=O) groups excluding carboxylic acids is 1. The van der Waals surface area contributed by atoms with Crippen molar-refractivity contribution in [2.24, 2.45) is 5.92 Å². The van der Waals surface area contributed by atoms with E-state index in [0.717, 1.165) is 11.1 Å². The van der Waals surface area contributed by atoms with Crippen molar-refractivity contribution in [2.75, 3.05) is 24.1 Å². The lowest BCUT2D eigenvalue weighted by Gasteiger charge is -2.18. The number of amides is 1. The fourth-order valence-electron chi connectivity index (χ4n) is 4.55. The summed E-state index contributed by atoms with van der Waals surface area (Å²) in [7, 11) is 0. The van der Waals surface area contributed by atoms with E-state index in [4.69, 9.17) is 10.8 Å². The molecule has 0 aliphatic heterocycles. The largest absolute Gasteiger partial charge is 0.481 e. The van der Waals surface area contributed by atoms with Gasteiger partial charge in [-0.3, -0.25) is 9.59 Å². The predicted octanol–water partition coefficient (Wildman–Crippen LogP) is 0.499. The Balaban J connectivity index is 1.45. The van der Waals surface area contributed by atoms with Gasteiger partial charge in [-0.15, -0.1) is 0 Å². The maximum absolute atomic E-state index is 12.3. The lowest BCUT2D eigenvalue weighted by atomic mass is 10.0. The molecule has 1 fully saturated rings. The highest BCUT2D eigenvalue weighted by atomic mass is 16.4. The van der Waals surface area contributed by atoms with Crippen molar-refractivity contribution in [3.05, 3.63) is 41.7 Å². The number of carbonyl (C=O) groups is 2. The number of carboxylic acids is 1. The molecule has 7 N–H and O–H groups in total. The second kappa shape index (κ2) is 10.9. The Kier molecular flexibility index (Phi) is 7.65. The minimum atomic E-state index is -1.20. The molecule has 0 radical (unpaired) electrons. The predicted molar refractivity (Wildman–Crippen MR) is 132 cm³/mol. The fourth-order valence-corrected chi connectivity index (χ4v) is 4.55. The molecule has 36 heavy (non-hydrogen) atoms. The van der Waals surface area contributed by atoms with Crippen LogP contribution in [0.25, 0.3) is 11.2 Å². The summed E-state index contributed by atoms with van der Waals surface area (Å²) in [6.45, 7) is 2.75. The Morgan fingerprint density at radius 1 is 1.11 bits per heavy atom. The fraction of sp³-hybridized carbons (Fsp3) is 0.458. The average molecular weight is 498 g/mol. The average Bonchev–Trinajstić information content (AvgIpc) is 3.40. The van der Waals surface area contributed by atoms with Crippen molar-refractivity contribution in [3.8, 4) is 0 Å². The van der Waals surface area contributed by atoms with Crippen LogP contribution >= 0.6 is 0 Å². The Morgan fingerprint density at radius 2 is 1.81 bits per heavy atom. The van der Waals surface area contributed by atoms with Gasteiger partial charge in [0.05, 0.1) is 24.4 Å². The van der Waals surface area contributed by atoms with Gasteiger partial charge >= 0.3 is 5.97 Å². The van der Waals surface area contributed by atoms with Crippen LogP contribution in [0.15, 0.2) is 30.6 Å². The van der Waals surface area contributed by atoms with Crippen LogP contribution in [0.1, 0.15) is 36.9 Å². The molecule has 4 rings (SSSR count). The summed E-state index contributed by atoms with van der Waals surface area (Å²) in [6, 6.07) is 7.17.